The Morgan fingerprint density at radius 1 is 1.32 bits per heavy atom. The number of esters is 1. The van der Waals surface area contributed by atoms with Gasteiger partial charge in [0.05, 0.1) is 17.9 Å². The third-order valence-electron chi connectivity index (χ3n) is 4.77. The average molecular weight is 363 g/mol. The summed E-state index contributed by atoms with van der Waals surface area (Å²) in [5.41, 5.74) is 1.00. The van der Waals surface area contributed by atoms with E-state index in [-0.39, 0.29) is 29.2 Å². The van der Waals surface area contributed by atoms with Crippen LogP contribution in [-0.4, -0.2) is 38.9 Å². The minimum absolute atomic E-state index is 0.000164. The first-order valence-corrected chi connectivity index (χ1v) is 9.67. The van der Waals surface area contributed by atoms with E-state index in [1.54, 1.807) is 36.4 Å². The molecule has 1 aliphatic rings. The summed E-state index contributed by atoms with van der Waals surface area (Å²) in [6.07, 6.45) is 3.94. The second-order valence-electron chi connectivity index (χ2n) is 6.37. The molecule has 1 aromatic carbocycles. The summed E-state index contributed by atoms with van der Waals surface area (Å²) in [7, 11) is -2.27. The van der Waals surface area contributed by atoms with Crippen LogP contribution >= 0.6 is 0 Å². The van der Waals surface area contributed by atoms with E-state index in [1.165, 1.54) is 11.4 Å². The van der Waals surface area contributed by atoms with Crippen molar-refractivity contribution in [3.05, 3.63) is 55.1 Å². The predicted molar refractivity (Wildman–Crippen MR) is 97.4 cm³/mol. The average Bonchev–Trinajstić information content (AvgIpc) is 3.00. The maximum absolute atomic E-state index is 12.9. The normalized spacial score (nSPS) is 22.3. The lowest BCUT2D eigenvalue weighted by Gasteiger charge is -2.22. The van der Waals surface area contributed by atoms with Gasteiger partial charge in [-0.15, -0.1) is 13.2 Å². The van der Waals surface area contributed by atoms with Crippen LogP contribution in [-0.2, 0) is 19.6 Å². The standard InChI is InChI=1S/C19H25NO4S/c1-5-7-15-12-20(13-18(15)17(6-2)19(21)24-4)25(22,23)16-10-8-14(3)9-11-16/h5-6,8-11,15,17-18H,1-2,7,12-13H2,3-4H3/t15-,17-,18-/m0/s1. The highest BCUT2D eigenvalue weighted by atomic mass is 32.2. The van der Waals surface area contributed by atoms with E-state index in [9.17, 15) is 13.2 Å². The van der Waals surface area contributed by atoms with Crippen molar-refractivity contribution in [1.82, 2.24) is 4.31 Å². The van der Waals surface area contributed by atoms with Crippen LogP contribution in [0.2, 0.25) is 0 Å². The Morgan fingerprint density at radius 3 is 2.48 bits per heavy atom. The number of benzene rings is 1. The Hall–Kier alpha value is -1.92. The minimum atomic E-state index is -3.60. The van der Waals surface area contributed by atoms with Crippen molar-refractivity contribution in [1.29, 1.82) is 0 Å². The highest BCUT2D eigenvalue weighted by Crippen LogP contribution is 2.36. The van der Waals surface area contributed by atoms with Gasteiger partial charge >= 0.3 is 5.97 Å². The van der Waals surface area contributed by atoms with E-state index in [2.05, 4.69) is 13.2 Å². The molecule has 0 aliphatic carbocycles. The molecule has 6 heteroatoms. The molecule has 0 bridgehead atoms. The molecule has 1 aromatic rings. The van der Waals surface area contributed by atoms with Gasteiger partial charge in [-0.2, -0.15) is 4.31 Å². The van der Waals surface area contributed by atoms with Crippen molar-refractivity contribution in [2.75, 3.05) is 20.2 Å². The Bertz CT molecular complexity index is 739. The molecular formula is C19H25NO4S. The fourth-order valence-electron chi connectivity index (χ4n) is 3.36. The number of carbonyl (C=O) groups excluding carboxylic acids is 1. The molecule has 25 heavy (non-hydrogen) atoms. The van der Waals surface area contributed by atoms with Crippen molar-refractivity contribution in [2.24, 2.45) is 17.8 Å². The van der Waals surface area contributed by atoms with Crippen LogP contribution in [0.1, 0.15) is 12.0 Å². The van der Waals surface area contributed by atoms with E-state index in [0.29, 0.717) is 13.0 Å². The van der Waals surface area contributed by atoms with Gasteiger partial charge in [0.1, 0.15) is 0 Å². The first-order valence-electron chi connectivity index (χ1n) is 8.23. The summed E-state index contributed by atoms with van der Waals surface area (Å²) in [6.45, 7) is 10.0. The van der Waals surface area contributed by atoms with E-state index in [4.69, 9.17) is 4.74 Å². The molecule has 1 saturated heterocycles. The maximum Gasteiger partial charge on any atom is 0.312 e. The van der Waals surface area contributed by atoms with Gasteiger partial charge in [0, 0.05) is 13.1 Å². The van der Waals surface area contributed by atoms with E-state index >= 15 is 0 Å². The Labute approximate surface area is 150 Å². The third-order valence-corrected chi connectivity index (χ3v) is 6.62. The molecule has 2 rings (SSSR count). The first kappa shape index (κ1) is 19.4. The molecule has 0 spiro atoms. The molecule has 3 atom stereocenters. The molecule has 0 aromatic heterocycles. The van der Waals surface area contributed by atoms with Crippen molar-refractivity contribution in [3.63, 3.8) is 0 Å². The van der Waals surface area contributed by atoms with Crippen LogP contribution in [0.3, 0.4) is 0 Å². The van der Waals surface area contributed by atoms with E-state index in [1.807, 2.05) is 6.92 Å². The smallest absolute Gasteiger partial charge is 0.312 e. The lowest BCUT2D eigenvalue weighted by Crippen LogP contribution is -2.31. The Kier molecular flexibility index (Phi) is 6.19. The van der Waals surface area contributed by atoms with Crippen LogP contribution in [0.5, 0.6) is 0 Å². The van der Waals surface area contributed by atoms with Gasteiger partial charge in [-0.1, -0.05) is 29.8 Å². The zero-order valence-corrected chi connectivity index (χ0v) is 15.5. The monoisotopic (exact) mass is 363 g/mol. The summed E-state index contributed by atoms with van der Waals surface area (Å²) in [4.78, 5) is 12.3. The number of rotatable bonds is 7. The fraction of sp³-hybridized carbons (Fsp3) is 0.421. The van der Waals surface area contributed by atoms with Crippen molar-refractivity contribution < 1.29 is 17.9 Å². The van der Waals surface area contributed by atoms with Gasteiger partial charge in [-0.25, -0.2) is 8.42 Å². The number of sulfonamides is 1. The molecule has 1 heterocycles. The van der Waals surface area contributed by atoms with Crippen LogP contribution in [0.15, 0.2) is 54.5 Å². The second kappa shape index (κ2) is 7.97. The summed E-state index contributed by atoms with van der Waals surface area (Å²) in [5.74, 6) is -1.10. The predicted octanol–water partition coefficient (Wildman–Crippen LogP) is 2.78. The largest absolute Gasteiger partial charge is 0.469 e. The molecule has 5 nitrogen and oxygen atoms in total. The second-order valence-corrected chi connectivity index (χ2v) is 8.31. The third kappa shape index (κ3) is 4.02. The SMILES string of the molecule is C=CC[C@H]1CN(S(=O)(=O)c2ccc(C)cc2)C[C@@H]1[C@H](C=C)C(=O)OC. The Morgan fingerprint density at radius 2 is 1.96 bits per heavy atom. The zero-order valence-electron chi connectivity index (χ0n) is 14.7. The van der Waals surface area contributed by atoms with Crippen molar-refractivity contribution in [3.8, 4) is 0 Å². The molecule has 0 saturated carbocycles. The molecule has 0 radical (unpaired) electrons. The summed E-state index contributed by atoms with van der Waals surface area (Å²) in [5, 5.41) is 0. The Balaban J connectivity index is 2.31. The van der Waals surface area contributed by atoms with Crippen molar-refractivity contribution in [2.45, 2.75) is 18.2 Å². The number of hydrogen-bond donors (Lipinski definition) is 0. The highest BCUT2D eigenvalue weighted by molar-refractivity contribution is 7.89. The number of carbonyl (C=O) groups is 1. The van der Waals surface area contributed by atoms with Gasteiger partial charge in [0.15, 0.2) is 0 Å². The summed E-state index contributed by atoms with van der Waals surface area (Å²) in [6, 6.07) is 6.79. The lowest BCUT2D eigenvalue weighted by molar-refractivity contribution is -0.145. The van der Waals surface area contributed by atoms with E-state index in [0.717, 1.165) is 5.56 Å². The molecule has 1 aliphatic heterocycles. The van der Waals surface area contributed by atoms with Crippen LogP contribution < -0.4 is 0 Å². The van der Waals surface area contributed by atoms with E-state index < -0.39 is 15.9 Å². The van der Waals surface area contributed by atoms with Crippen LogP contribution in [0.4, 0.5) is 0 Å². The zero-order chi connectivity index (χ0) is 18.6. The quantitative estimate of drug-likeness (QED) is 0.552. The maximum atomic E-state index is 12.9. The molecule has 0 unspecified atom stereocenters. The highest BCUT2D eigenvalue weighted by Gasteiger charge is 2.43. The molecule has 0 N–H and O–H groups in total. The summed E-state index contributed by atoms with van der Waals surface area (Å²) < 4.78 is 32.2. The number of hydrogen-bond acceptors (Lipinski definition) is 4. The number of methoxy groups -OCH3 is 1. The topological polar surface area (TPSA) is 63.7 Å². The van der Waals surface area contributed by atoms with Gasteiger partial charge in [0.2, 0.25) is 10.0 Å². The van der Waals surface area contributed by atoms with Gasteiger partial charge < -0.3 is 4.74 Å². The molecule has 0 amide bonds. The fourth-order valence-corrected chi connectivity index (χ4v) is 4.90. The van der Waals surface area contributed by atoms with Crippen LogP contribution in [0.25, 0.3) is 0 Å². The van der Waals surface area contributed by atoms with Gasteiger partial charge in [-0.05, 0) is 37.3 Å². The number of ether oxygens (including phenoxy) is 1. The number of aryl methyl sites for hydroxylation is 1. The van der Waals surface area contributed by atoms with Gasteiger partial charge in [-0.3, -0.25) is 4.79 Å². The number of allylic oxidation sites excluding steroid dienone is 1. The molecule has 1 fully saturated rings. The summed E-state index contributed by atoms with van der Waals surface area (Å²) >= 11 is 0. The molecular weight excluding hydrogens is 338 g/mol. The lowest BCUT2D eigenvalue weighted by atomic mass is 9.82. The first-order chi connectivity index (χ1) is 11.8. The molecule has 136 valence electrons. The van der Waals surface area contributed by atoms with Gasteiger partial charge in [0.25, 0.3) is 0 Å². The van der Waals surface area contributed by atoms with Crippen LogP contribution in [0, 0.1) is 24.7 Å². The minimum Gasteiger partial charge on any atom is -0.469 e. The van der Waals surface area contributed by atoms with Crippen molar-refractivity contribution >= 4 is 16.0 Å². The number of nitrogens with zero attached hydrogens (tertiary/aromatic N) is 1.